The van der Waals surface area contributed by atoms with Gasteiger partial charge in [0.05, 0.1) is 6.61 Å². The smallest absolute Gasteiger partial charge is 0.208 e. The summed E-state index contributed by atoms with van der Waals surface area (Å²) in [4.78, 5) is 1.91. The highest BCUT2D eigenvalue weighted by Crippen LogP contribution is 2.38. The first-order valence-electron chi connectivity index (χ1n) is 5.57. The molecule has 1 aliphatic rings. The van der Waals surface area contributed by atoms with Crippen LogP contribution in [0.3, 0.4) is 0 Å². The van der Waals surface area contributed by atoms with Crippen LogP contribution in [0.2, 0.25) is 0 Å². The van der Waals surface area contributed by atoms with Crippen LogP contribution in [-0.2, 0) is 4.74 Å². The van der Waals surface area contributed by atoms with Crippen molar-refractivity contribution in [3.8, 4) is 5.75 Å². The van der Waals surface area contributed by atoms with Gasteiger partial charge in [0, 0.05) is 6.54 Å². The van der Waals surface area contributed by atoms with Crippen LogP contribution < -0.4 is 4.74 Å². The lowest BCUT2D eigenvalue weighted by Crippen LogP contribution is -2.48. The first-order chi connectivity index (χ1) is 8.51. The average Bonchev–Trinajstić information content (AvgIpc) is 2.77. The van der Waals surface area contributed by atoms with Gasteiger partial charge in [0.15, 0.2) is 0 Å². The van der Waals surface area contributed by atoms with Crippen LogP contribution in [-0.4, -0.2) is 41.2 Å². The summed E-state index contributed by atoms with van der Waals surface area (Å²) in [5, 5.41) is 0. The second-order valence-corrected chi connectivity index (χ2v) is 5.97. The maximum Gasteiger partial charge on any atom is 0.208 e. The summed E-state index contributed by atoms with van der Waals surface area (Å²) in [6.45, 7) is 1.35. The number of para-hydroxylation sites is 1. The third-order valence-electron chi connectivity index (χ3n) is 2.73. The molecule has 6 heteroatoms. The summed E-state index contributed by atoms with van der Waals surface area (Å²) in [5.41, 5.74) is -0.909. The van der Waals surface area contributed by atoms with Crippen LogP contribution in [0.1, 0.15) is 0 Å². The highest BCUT2D eigenvalue weighted by Gasteiger charge is 2.48. The van der Waals surface area contributed by atoms with Crippen molar-refractivity contribution in [2.45, 2.75) is 16.1 Å². The van der Waals surface area contributed by atoms with Gasteiger partial charge in [-0.05, 0) is 19.2 Å². The molecule has 1 aliphatic heterocycles. The van der Waals surface area contributed by atoms with E-state index in [-0.39, 0.29) is 0 Å². The van der Waals surface area contributed by atoms with Crippen LogP contribution in [0.25, 0.3) is 0 Å². The standard InChI is InChI=1S/C12H14Cl3NO2/c1-16-7-8-17-11(16)12(14,15)10(13)18-9-5-3-2-4-6-9/h2-6,10-11H,7-8H2,1H3/t10-,11?/m1/s1. The summed E-state index contributed by atoms with van der Waals surface area (Å²) >= 11 is 18.7. The van der Waals surface area contributed by atoms with E-state index in [1.165, 1.54) is 0 Å². The fourth-order valence-corrected chi connectivity index (χ4v) is 2.53. The highest BCUT2D eigenvalue weighted by molar-refractivity contribution is 6.52. The first-order valence-corrected chi connectivity index (χ1v) is 6.76. The Morgan fingerprint density at radius 1 is 1.39 bits per heavy atom. The molecule has 1 fully saturated rings. The second kappa shape index (κ2) is 5.85. The third kappa shape index (κ3) is 3.03. The zero-order valence-corrected chi connectivity index (χ0v) is 12.1. The minimum atomic E-state index is -1.34. The molecule has 1 aromatic carbocycles. The number of benzene rings is 1. The maximum atomic E-state index is 6.28. The molecule has 0 bridgehead atoms. The lowest BCUT2D eigenvalue weighted by atomic mass is 10.3. The van der Waals surface area contributed by atoms with Crippen LogP contribution in [0.4, 0.5) is 0 Å². The van der Waals surface area contributed by atoms with Gasteiger partial charge in [-0.1, -0.05) is 53.0 Å². The van der Waals surface area contributed by atoms with Crippen LogP contribution in [0.5, 0.6) is 5.75 Å². The van der Waals surface area contributed by atoms with E-state index in [2.05, 4.69) is 0 Å². The summed E-state index contributed by atoms with van der Waals surface area (Å²) in [6.07, 6.45) is -0.480. The van der Waals surface area contributed by atoms with E-state index < -0.39 is 16.1 Å². The van der Waals surface area contributed by atoms with Crippen molar-refractivity contribution in [3.05, 3.63) is 30.3 Å². The minimum absolute atomic E-state index is 0.480. The van der Waals surface area contributed by atoms with Gasteiger partial charge >= 0.3 is 0 Å². The Balaban J connectivity index is 2.05. The molecular formula is C12H14Cl3NO2. The van der Waals surface area contributed by atoms with E-state index in [0.717, 1.165) is 6.54 Å². The molecule has 18 heavy (non-hydrogen) atoms. The molecule has 3 nitrogen and oxygen atoms in total. The van der Waals surface area contributed by atoms with Crippen molar-refractivity contribution >= 4 is 34.8 Å². The molecule has 100 valence electrons. The van der Waals surface area contributed by atoms with Crippen LogP contribution >= 0.6 is 34.8 Å². The Hall–Kier alpha value is -0.190. The third-order valence-corrected chi connectivity index (χ3v) is 4.16. The fraction of sp³-hybridized carbons (Fsp3) is 0.500. The molecular weight excluding hydrogens is 296 g/mol. The van der Waals surface area contributed by atoms with E-state index >= 15 is 0 Å². The lowest BCUT2D eigenvalue weighted by molar-refractivity contribution is 0.0138. The van der Waals surface area contributed by atoms with Gasteiger partial charge in [-0.3, -0.25) is 4.90 Å². The molecule has 0 N–H and O–H groups in total. The molecule has 1 heterocycles. The number of halogens is 3. The molecule has 0 spiro atoms. The average molecular weight is 311 g/mol. The molecule has 0 aliphatic carbocycles. The van der Waals surface area contributed by atoms with E-state index in [1.54, 1.807) is 12.1 Å². The Morgan fingerprint density at radius 2 is 2.06 bits per heavy atom. The van der Waals surface area contributed by atoms with Crippen molar-refractivity contribution < 1.29 is 9.47 Å². The Labute approximate surface area is 122 Å². The number of ether oxygens (including phenoxy) is 2. The van der Waals surface area contributed by atoms with Crippen molar-refractivity contribution in [3.63, 3.8) is 0 Å². The zero-order valence-electron chi connectivity index (χ0n) is 9.85. The van der Waals surface area contributed by atoms with Gasteiger partial charge in [0.1, 0.15) is 12.0 Å². The van der Waals surface area contributed by atoms with Gasteiger partial charge < -0.3 is 9.47 Å². The number of hydrogen-bond donors (Lipinski definition) is 0. The zero-order chi connectivity index (χ0) is 13.2. The summed E-state index contributed by atoms with van der Waals surface area (Å²) in [6, 6.07) is 9.16. The summed E-state index contributed by atoms with van der Waals surface area (Å²) < 4.78 is 9.68. The quantitative estimate of drug-likeness (QED) is 0.798. The Kier molecular flexibility index (Phi) is 4.62. The second-order valence-electron chi connectivity index (χ2n) is 4.13. The molecule has 1 aromatic rings. The first kappa shape index (κ1) is 14.2. The topological polar surface area (TPSA) is 21.7 Å². The molecule has 1 unspecified atom stereocenters. The van der Waals surface area contributed by atoms with Gasteiger partial charge in [-0.2, -0.15) is 0 Å². The molecule has 2 atom stereocenters. The normalized spacial score (nSPS) is 23.0. The van der Waals surface area contributed by atoms with E-state index in [4.69, 9.17) is 44.3 Å². The number of rotatable bonds is 4. The predicted octanol–water partition coefficient (Wildman–Crippen LogP) is 3.09. The minimum Gasteiger partial charge on any atom is -0.471 e. The SMILES string of the molecule is CN1CCOC1C(Cl)(Cl)[C@H](Cl)Oc1ccccc1. The molecule has 1 saturated heterocycles. The number of hydrogen-bond acceptors (Lipinski definition) is 3. The van der Waals surface area contributed by atoms with Crippen molar-refractivity contribution in [1.29, 1.82) is 0 Å². The number of likely N-dealkylation sites (N-methyl/N-ethyl adjacent to an activating group) is 1. The molecule has 0 radical (unpaired) electrons. The predicted molar refractivity (Wildman–Crippen MR) is 73.5 cm³/mol. The van der Waals surface area contributed by atoms with E-state index in [1.807, 2.05) is 30.1 Å². The Morgan fingerprint density at radius 3 is 2.61 bits per heavy atom. The molecule has 0 amide bonds. The highest BCUT2D eigenvalue weighted by atomic mass is 35.5. The van der Waals surface area contributed by atoms with Crippen molar-refractivity contribution in [2.24, 2.45) is 0 Å². The van der Waals surface area contributed by atoms with Crippen molar-refractivity contribution in [1.82, 2.24) is 4.90 Å². The lowest BCUT2D eigenvalue weighted by Gasteiger charge is -2.33. The number of alkyl halides is 3. The summed E-state index contributed by atoms with van der Waals surface area (Å²) in [5.74, 6) is 0.615. The van der Waals surface area contributed by atoms with Gasteiger partial charge in [-0.25, -0.2) is 0 Å². The summed E-state index contributed by atoms with van der Waals surface area (Å²) in [7, 11) is 1.88. The molecule has 0 saturated carbocycles. The monoisotopic (exact) mass is 309 g/mol. The number of nitrogens with zero attached hydrogens (tertiary/aromatic N) is 1. The van der Waals surface area contributed by atoms with Gasteiger partial charge in [0.25, 0.3) is 0 Å². The largest absolute Gasteiger partial charge is 0.471 e. The van der Waals surface area contributed by atoms with E-state index in [0.29, 0.717) is 12.4 Å². The van der Waals surface area contributed by atoms with E-state index in [9.17, 15) is 0 Å². The maximum absolute atomic E-state index is 6.28. The van der Waals surface area contributed by atoms with Crippen molar-refractivity contribution in [2.75, 3.05) is 20.2 Å². The molecule has 0 aromatic heterocycles. The fourth-order valence-electron chi connectivity index (χ4n) is 1.77. The van der Waals surface area contributed by atoms with Gasteiger partial charge in [0.2, 0.25) is 9.90 Å². The van der Waals surface area contributed by atoms with Crippen LogP contribution in [0, 0.1) is 0 Å². The van der Waals surface area contributed by atoms with Crippen LogP contribution in [0.15, 0.2) is 30.3 Å². The molecule has 2 rings (SSSR count). The Bertz CT molecular complexity index is 388. The van der Waals surface area contributed by atoms with Gasteiger partial charge in [-0.15, -0.1) is 0 Å².